The Hall–Kier alpha value is -1.89. The summed E-state index contributed by atoms with van der Waals surface area (Å²) in [4.78, 5) is 24.3. The van der Waals surface area contributed by atoms with E-state index in [1.165, 1.54) is 25.1 Å². The molecule has 3 fully saturated rings. The van der Waals surface area contributed by atoms with E-state index in [-0.39, 0.29) is 40.7 Å². The van der Waals surface area contributed by atoms with E-state index in [9.17, 15) is 9.18 Å². The first kappa shape index (κ1) is 18.5. The molecule has 4 rings (SSSR count). The van der Waals surface area contributed by atoms with E-state index in [1.807, 2.05) is 0 Å². The molecule has 0 aromatic carbocycles. The first-order valence-electron chi connectivity index (χ1n) is 9.57. The molecule has 3 saturated carbocycles. The lowest BCUT2D eigenvalue weighted by atomic mass is 9.45. The second-order valence-corrected chi connectivity index (χ2v) is 8.12. The van der Waals surface area contributed by atoms with E-state index in [1.54, 1.807) is 6.92 Å². The van der Waals surface area contributed by atoms with Crippen molar-refractivity contribution in [3.05, 3.63) is 23.8 Å². The molecule has 4 bridgehead atoms. The van der Waals surface area contributed by atoms with Gasteiger partial charge in [-0.05, 0) is 73.9 Å². The number of carbonyl (C=O) groups is 1. The summed E-state index contributed by atoms with van der Waals surface area (Å²) < 4.78 is 19.5. The predicted octanol–water partition coefficient (Wildman–Crippen LogP) is 3.07. The van der Waals surface area contributed by atoms with Crippen LogP contribution in [0.3, 0.4) is 0 Å². The van der Waals surface area contributed by atoms with Gasteiger partial charge in [0.15, 0.2) is 16.9 Å². The maximum absolute atomic E-state index is 14.2. The van der Waals surface area contributed by atoms with Crippen molar-refractivity contribution >= 4 is 28.7 Å². The van der Waals surface area contributed by atoms with Gasteiger partial charge in [0.1, 0.15) is 5.69 Å². The highest BCUT2D eigenvalue weighted by Gasteiger charge is 2.58. The molecule has 146 valence electrons. The van der Waals surface area contributed by atoms with E-state index in [0.29, 0.717) is 18.4 Å². The summed E-state index contributed by atoms with van der Waals surface area (Å²) in [5.74, 6) is 1.23. The number of aromatic nitrogens is 1. The van der Waals surface area contributed by atoms with Crippen molar-refractivity contribution in [1.29, 1.82) is 0 Å². The number of carbonyl (C=O) groups excluding carboxylic acids is 1. The monoisotopic (exact) mass is 394 g/mol. The van der Waals surface area contributed by atoms with Gasteiger partial charge in [0, 0.05) is 6.20 Å². The topological polar surface area (TPSA) is 92.8 Å². The van der Waals surface area contributed by atoms with Crippen LogP contribution in [-0.2, 0) is 9.53 Å². The SMILES string of the molecule is CCOC(=O)[C@H]1CC2[C@@H]3CC[C@@H]([C@@H]1N=C(N=C(N)Cl)c1[nH]ccc1F)[C@H]2C3. The zero-order valence-electron chi connectivity index (χ0n) is 15.2. The summed E-state index contributed by atoms with van der Waals surface area (Å²) >= 11 is 5.77. The number of esters is 1. The van der Waals surface area contributed by atoms with Crippen molar-refractivity contribution < 1.29 is 13.9 Å². The maximum Gasteiger partial charge on any atom is 0.311 e. The quantitative estimate of drug-likeness (QED) is 0.355. The van der Waals surface area contributed by atoms with Crippen molar-refractivity contribution in [3.63, 3.8) is 0 Å². The molecule has 3 aliphatic rings. The summed E-state index contributed by atoms with van der Waals surface area (Å²) in [5.41, 5.74) is 5.67. The van der Waals surface area contributed by atoms with Crippen LogP contribution in [-0.4, -0.2) is 34.7 Å². The molecule has 0 amide bonds. The second-order valence-electron chi connectivity index (χ2n) is 7.74. The minimum Gasteiger partial charge on any atom is -0.466 e. The number of aliphatic imine (C=N–C) groups is 2. The average Bonchev–Trinajstić information content (AvgIpc) is 3.04. The average molecular weight is 395 g/mol. The van der Waals surface area contributed by atoms with Crippen LogP contribution in [0.15, 0.2) is 22.2 Å². The van der Waals surface area contributed by atoms with Crippen LogP contribution in [0.4, 0.5) is 4.39 Å². The molecule has 1 heterocycles. The number of hydrogen-bond acceptors (Lipinski definition) is 3. The van der Waals surface area contributed by atoms with Crippen molar-refractivity contribution in [3.8, 4) is 0 Å². The molecular formula is C19H24ClFN4O2. The zero-order chi connectivity index (χ0) is 19.1. The van der Waals surface area contributed by atoms with E-state index < -0.39 is 5.82 Å². The molecule has 6 atom stereocenters. The summed E-state index contributed by atoms with van der Waals surface area (Å²) in [6.07, 6.45) is 5.64. The normalized spacial score (nSPS) is 35.5. The van der Waals surface area contributed by atoms with Gasteiger partial charge in [-0.25, -0.2) is 4.39 Å². The van der Waals surface area contributed by atoms with E-state index in [0.717, 1.165) is 18.8 Å². The molecule has 1 aromatic rings. The third-order valence-electron chi connectivity index (χ3n) is 6.52. The van der Waals surface area contributed by atoms with Crippen molar-refractivity contribution in [1.82, 2.24) is 4.98 Å². The number of halogens is 2. The highest BCUT2D eigenvalue weighted by Crippen LogP contribution is 2.61. The van der Waals surface area contributed by atoms with Crippen LogP contribution in [0.2, 0.25) is 0 Å². The van der Waals surface area contributed by atoms with E-state index >= 15 is 0 Å². The van der Waals surface area contributed by atoms with Crippen molar-refractivity contribution in [2.24, 2.45) is 45.3 Å². The smallest absolute Gasteiger partial charge is 0.311 e. The Labute approximate surface area is 162 Å². The number of aromatic amines is 1. The number of H-pyrrole nitrogens is 1. The van der Waals surface area contributed by atoms with Crippen molar-refractivity contribution in [2.45, 2.75) is 38.6 Å². The molecule has 3 aliphatic carbocycles. The van der Waals surface area contributed by atoms with Gasteiger partial charge < -0.3 is 15.5 Å². The highest BCUT2D eigenvalue weighted by molar-refractivity contribution is 6.65. The second kappa shape index (κ2) is 7.26. The Morgan fingerprint density at radius 3 is 2.81 bits per heavy atom. The van der Waals surface area contributed by atoms with Crippen LogP contribution in [0, 0.1) is 35.4 Å². The standard InChI is InChI=1S/C19H24ClFN4O2/c1-2-27-18(26)13-8-11-9-3-4-10(12(11)7-9)15(13)24-17(25-19(20)22)16-14(21)5-6-23-16/h5-6,9-13,15,23H,2-4,7-8H2,1H3,(H2,22,24,25)/t9-,10-,11?,12-,13+,15+/m1/s1. The Morgan fingerprint density at radius 1 is 1.37 bits per heavy atom. The minimum absolute atomic E-state index is 0.101. The van der Waals surface area contributed by atoms with Gasteiger partial charge in [-0.15, -0.1) is 0 Å². The number of ether oxygens (including phenoxy) is 1. The molecule has 0 aliphatic heterocycles. The molecule has 3 N–H and O–H groups in total. The van der Waals surface area contributed by atoms with Gasteiger partial charge in [0.05, 0.1) is 18.6 Å². The molecule has 6 nitrogen and oxygen atoms in total. The van der Waals surface area contributed by atoms with Gasteiger partial charge in [-0.2, -0.15) is 4.99 Å². The molecule has 8 heteroatoms. The van der Waals surface area contributed by atoms with Crippen LogP contribution in [0.25, 0.3) is 0 Å². The summed E-state index contributed by atoms with van der Waals surface area (Å²) in [5, 5.41) is -0.225. The lowest BCUT2D eigenvalue weighted by molar-refractivity contribution is -0.161. The van der Waals surface area contributed by atoms with Crippen LogP contribution >= 0.6 is 11.6 Å². The van der Waals surface area contributed by atoms with Gasteiger partial charge in [-0.3, -0.25) is 9.79 Å². The Balaban J connectivity index is 1.73. The van der Waals surface area contributed by atoms with Gasteiger partial charge in [0.2, 0.25) is 0 Å². The van der Waals surface area contributed by atoms with Crippen LogP contribution < -0.4 is 5.73 Å². The fraction of sp³-hybridized carbons (Fsp3) is 0.632. The number of rotatable bonds is 4. The molecule has 0 saturated heterocycles. The Kier molecular flexibility index (Phi) is 4.97. The zero-order valence-corrected chi connectivity index (χ0v) is 16.0. The molecular weight excluding hydrogens is 371 g/mol. The molecule has 1 unspecified atom stereocenters. The lowest BCUT2D eigenvalue weighted by Gasteiger charge is -2.60. The predicted molar refractivity (Wildman–Crippen MR) is 101 cm³/mol. The number of nitrogens with two attached hydrogens (primary N) is 1. The minimum atomic E-state index is -0.482. The van der Waals surface area contributed by atoms with Gasteiger partial charge in [0.25, 0.3) is 0 Å². The lowest BCUT2D eigenvalue weighted by Crippen LogP contribution is -2.57. The Bertz CT molecular complexity index is 786. The molecule has 0 radical (unpaired) electrons. The number of nitrogens with one attached hydrogen (secondary N) is 1. The highest BCUT2D eigenvalue weighted by atomic mass is 35.5. The summed E-state index contributed by atoms with van der Waals surface area (Å²) in [6.45, 7) is 2.13. The third kappa shape index (κ3) is 3.26. The van der Waals surface area contributed by atoms with Crippen molar-refractivity contribution in [2.75, 3.05) is 6.61 Å². The van der Waals surface area contributed by atoms with E-state index in [4.69, 9.17) is 27.1 Å². The Morgan fingerprint density at radius 2 is 2.19 bits per heavy atom. The number of amidine groups is 2. The van der Waals surface area contributed by atoms with E-state index in [2.05, 4.69) is 9.98 Å². The van der Waals surface area contributed by atoms with Crippen LogP contribution in [0.5, 0.6) is 0 Å². The van der Waals surface area contributed by atoms with Crippen LogP contribution in [0.1, 0.15) is 38.3 Å². The fourth-order valence-electron chi connectivity index (χ4n) is 5.40. The molecule has 27 heavy (non-hydrogen) atoms. The maximum atomic E-state index is 14.2. The first-order chi connectivity index (χ1) is 13.0. The summed E-state index contributed by atoms with van der Waals surface area (Å²) in [7, 11) is 0. The summed E-state index contributed by atoms with van der Waals surface area (Å²) in [6, 6.07) is 0.991. The molecule has 0 spiro atoms. The third-order valence-corrected chi connectivity index (χ3v) is 6.61. The fourth-order valence-corrected chi connectivity index (χ4v) is 5.48. The largest absolute Gasteiger partial charge is 0.466 e. The molecule has 1 aromatic heterocycles. The van der Waals surface area contributed by atoms with Gasteiger partial charge >= 0.3 is 5.97 Å². The van der Waals surface area contributed by atoms with Gasteiger partial charge in [-0.1, -0.05) is 0 Å². The number of hydrogen-bond donors (Lipinski definition) is 2. The number of nitrogens with zero attached hydrogens (tertiary/aromatic N) is 2. The first-order valence-corrected chi connectivity index (χ1v) is 9.94.